The molecule has 0 bridgehead atoms. The molecular formula is C11H14BrClN2O2S2. The monoisotopic (exact) mass is 384 g/mol. The molecule has 106 valence electrons. The summed E-state index contributed by atoms with van der Waals surface area (Å²) in [6, 6.07) is 4.16. The van der Waals surface area contributed by atoms with Crippen molar-refractivity contribution in [2.75, 3.05) is 7.05 Å². The second-order valence-corrected chi connectivity index (χ2v) is 7.90. The zero-order valence-corrected chi connectivity index (χ0v) is 14.4. The maximum Gasteiger partial charge on any atom is 0.243 e. The third-order valence-corrected chi connectivity index (χ3v) is 6.03. The Hall–Kier alpha value is -0.210. The number of halogens is 2. The molecule has 8 heteroatoms. The standard InChI is InChI=1S/C11H14BrClN2O2S2/c1-7(5-11(14)18)15(2)19(16,17)8-3-4-10(13)9(12)6-8/h3-4,6-7H,5H2,1-2H3,(H2,14,18). The number of hydrogen-bond acceptors (Lipinski definition) is 3. The van der Waals surface area contributed by atoms with Gasteiger partial charge in [-0.2, -0.15) is 4.31 Å². The van der Waals surface area contributed by atoms with E-state index in [-0.39, 0.29) is 15.9 Å². The average Bonchev–Trinajstić information content (AvgIpc) is 2.30. The number of sulfonamides is 1. The van der Waals surface area contributed by atoms with E-state index >= 15 is 0 Å². The molecule has 2 N–H and O–H groups in total. The number of benzene rings is 1. The van der Waals surface area contributed by atoms with Gasteiger partial charge in [0.1, 0.15) is 0 Å². The molecule has 0 aliphatic heterocycles. The first-order chi connectivity index (χ1) is 8.66. The normalized spacial score (nSPS) is 13.5. The number of thiocarbonyl (C=S) groups is 1. The molecule has 1 aromatic carbocycles. The summed E-state index contributed by atoms with van der Waals surface area (Å²) in [5.41, 5.74) is 5.44. The lowest BCUT2D eigenvalue weighted by atomic mass is 10.2. The molecule has 0 aliphatic carbocycles. The smallest absolute Gasteiger partial charge is 0.243 e. The van der Waals surface area contributed by atoms with Gasteiger partial charge in [0.2, 0.25) is 10.0 Å². The van der Waals surface area contributed by atoms with Crippen LogP contribution in [0.2, 0.25) is 5.02 Å². The fourth-order valence-electron chi connectivity index (χ4n) is 1.46. The Morgan fingerprint density at radius 2 is 2.16 bits per heavy atom. The van der Waals surface area contributed by atoms with Crippen LogP contribution < -0.4 is 5.73 Å². The first-order valence-electron chi connectivity index (χ1n) is 5.37. The predicted molar refractivity (Wildman–Crippen MR) is 85.0 cm³/mol. The second kappa shape index (κ2) is 6.49. The van der Waals surface area contributed by atoms with Gasteiger partial charge in [0.25, 0.3) is 0 Å². The highest BCUT2D eigenvalue weighted by Crippen LogP contribution is 2.27. The largest absolute Gasteiger partial charge is 0.393 e. The van der Waals surface area contributed by atoms with Crippen LogP contribution in [0.1, 0.15) is 13.3 Å². The quantitative estimate of drug-likeness (QED) is 0.792. The van der Waals surface area contributed by atoms with E-state index in [1.807, 2.05) is 0 Å². The van der Waals surface area contributed by atoms with E-state index in [0.717, 1.165) is 0 Å². The third kappa shape index (κ3) is 4.13. The number of hydrogen-bond donors (Lipinski definition) is 1. The summed E-state index contributed by atoms with van der Waals surface area (Å²) in [5, 5.41) is 0.456. The molecule has 0 aliphatic rings. The van der Waals surface area contributed by atoms with Gasteiger partial charge in [0, 0.05) is 24.0 Å². The Balaban J connectivity index is 3.09. The number of rotatable bonds is 5. The van der Waals surface area contributed by atoms with Crippen molar-refractivity contribution in [3.05, 3.63) is 27.7 Å². The first-order valence-corrected chi connectivity index (χ1v) is 8.39. The van der Waals surface area contributed by atoms with Crippen LogP contribution in [0.3, 0.4) is 0 Å². The lowest BCUT2D eigenvalue weighted by molar-refractivity contribution is 0.397. The fraction of sp³-hybridized carbons (Fsp3) is 0.364. The van der Waals surface area contributed by atoms with Crippen LogP contribution in [-0.2, 0) is 10.0 Å². The minimum Gasteiger partial charge on any atom is -0.393 e. The van der Waals surface area contributed by atoms with Gasteiger partial charge in [-0.05, 0) is 41.1 Å². The van der Waals surface area contributed by atoms with Crippen molar-refractivity contribution in [3.8, 4) is 0 Å². The zero-order chi connectivity index (χ0) is 14.8. The molecule has 0 aromatic heterocycles. The lowest BCUT2D eigenvalue weighted by Gasteiger charge is -2.24. The summed E-state index contributed by atoms with van der Waals surface area (Å²) >= 11 is 13.9. The Labute approximate surface area is 132 Å². The molecule has 0 radical (unpaired) electrons. The van der Waals surface area contributed by atoms with E-state index < -0.39 is 10.0 Å². The Morgan fingerprint density at radius 1 is 1.58 bits per heavy atom. The van der Waals surface area contributed by atoms with E-state index in [0.29, 0.717) is 15.9 Å². The highest BCUT2D eigenvalue weighted by atomic mass is 79.9. The van der Waals surface area contributed by atoms with Crippen molar-refractivity contribution in [3.63, 3.8) is 0 Å². The van der Waals surface area contributed by atoms with Gasteiger partial charge < -0.3 is 5.73 Å². The van der Waals surface area contributed by atoms with Crippen molar-refractivity contribution >= 4 is 54.8 Å². The molecule has 0 amide bonds. The van der Waals surface area contributed by atoms with E-state index in [9.17, 15) is 8.42 Å². The van der Waals surface area contributed by atoms with E-state index in [1.54, 1.807) is 6.92 Å². The summed E-state index contributed by atoms with van der Waals surface area (Å²) in [5.74, 6) is 0. The maximum atomic E-state index is 12.4. The van der Waals surface area contributed by atoms with Gasteiger partial charge >= 0.3 is 0 Å². The molecule has 1 rings (SSSR count). The molecule has 0 heterocycles. The molecule has 1 atom stereocenters. The van der Waals surface area contributed by atoms with Gasteiger partial charge in [-0.25, -0.2) is 8.42 Å². The molecule has 0 saturated heterocycles. The van der Waals surface area contributed by atoms with Crippen LogP contribution in [0, 0.1) is 0 Å². The fourth-order valence-corrected chi connectivity index (χ4v) is 3.74. The second-order valence-electron chi connectivity index (χ2n) is 4.12. The minimum absolute atomic E-state index is 0.168. The van der Waals surface area contributed by atoms with Crippen LogP contribution in [0.5, 0.6) is 0 Å². The van der Waals surface area contributed by atoms with E-state index in [1.165, 1.54) is 29.6 Å². The highest BCUT2D eigenvalue weighted by Gasteiger charge is 2.26. The first kappa shape index (κ1) is 16.8. The van der Waals surface area contributed by atoms with Gasteiger partial charge in [0.15, 0.2) is 0 Å². The Kier molecular flexibility index (Phi) is 5.76. The summed E-state index contributed by atoms with van der Waals surface area (Å²) in [6.07, 6.45) is 0.333. The lowest BCUT2D eigenvalue weighted by Crippen LogP contribution is -2.37. The van der Waals surface area contributed by atoms with Gasteiger partial charge in [-0.15, -0.1) is 0 Å². The SMILES string of the molecule is CC(CC(N)=S)N(C)S(=O)(=O)c1ccc(Cl)c(Br)c1. The van der Waals surface area contributed by atoms with E-state index in [2.05, 4.69) is 15.9 Å². The molecule has 0 spiro atoms. The topological polar surface area (TPSA) is 63.4 Å². The van der Waals surface area contributed by atoms with E-state index in [4.69, 9.17) is 29.6 Å². The molecule has 0 fully saturated rings. The molecule has 1 aromatic rings. The summed E-state index contributed by atoms with van der Waals surface area (Å²) < 4.78 is 26.6. The van der Waals surface area contributed by atoms with Crippen LogP contribution in [-0.4, -0.2) is 30.8 Å². The van der Waals surface area contributed by atoms with Crippen molar-refractivity contribution in [2.45, 2.75) is 24.3 Å². The van der Waals surface area contributed by atoms with Crippen LogP contribution in [0.15, 0.2) is 27.6 Å². The van der Waals surface area contributed by atoms with Crippen molar-refractivity contribution in [2.24, 2.45) is 5.73 Å². The van der Waals surface area contributed by atoms with Crippen molar-refractivity contribution in [1.29, 1.82) is 0 Å². The van der Waals surface area contributed by atoms with Gasteiger partial charge in [0.05, 0.1) is 14.9 Å². The number of nitrogens with two attached hydrogens (primary N) is 1. The molecule has 1 unspecified atom stereocenters. The van der Waals surface area contributed by atoms with Crippen LogP contribution >= 0.6 is 39.7 Å². The van der Waals surface area contributed by atoms with Gasteiger partial charge in [-0.1, -0.05) is 23.8 Å². The summed E-state index contributed by atoms with van der Waals surface area (Å²) in [7, 11) is -2.09. The molecular weight excluding hydrogens is 372 g/mol. The molecule has 19 heavy (non-hydrogen) atoms. The Bertz CT molecular complexity index is 592. The minimum atomic E-state index is -3.59. The van der Waals surface area contributed by atoms with Crippen LogP contribution in [0.25, 0.3) is 0 Å². The Morgan fingerprint density at radius 3 is 2.63 bits per heavy atom. The van der Waals surface area contributed by atoms with Crippen LogP contribution in [0.4, 0.5) is 0 Å². The zero-order valence-electron chi connectivity index (χ0n) is 10.4. The summed E-state index contributed by atoms with van der Waals surface area (Å²) in [4.78, 5) is 0.452. The number of nitrogens with zero attached hydrogens (tertiary/aromatic N) is 1. The molecule has 4 nitrogen and oxygen atoms in total. The predicted octanol–water partition coefficient (Wildman–Crippen LogP) is 2.79. The average molecular weight is 386 g/mol. The maximum absolute atomic E-state index is 12.4. The summed E-state index contributed by atoms with van der Waals surface area (Å²) in [6.45, 7) is 1.75. The highest BCUT2D eigenvalue weighted by molar-refractivity contribution is 9.10. The molecule has 0 saturated carbocycles. The third-order valence-electron chi connectivity index (χ3n) is 2.69. The van der Waals surface area contributed by atoms with Crippen molar-refractivity contribution < 1.29 is 8.42 Å². The van der Waals surface area contributed by atoms with Gasteiger partial charge in [-0.3, -0.25) is 0 Å². The van der Waals surface area contributed by atoms with Crippen molar-refractivity contribution in [1.82, 2.24) is 4.31 Å².